The first kappa shape index (κ1) is 7.86. The predicted octanol–water partition coefficient (Wildman–Crippen LogP) is 0.802. The Kier molecular flexibility index (Phi) is 2.73. The molecular weight excluding hydrogens is 144 g/mol. The summed E-state index contributed by atoms with van der Waals surface area (Å²) < 4.78 is 0. The minimum atomic E-state index is -0.0796. The van der Waals surface area contributed by atoms with Gasteiger partial charge in [-0.1, -0.05) is 6.42 Å². The van der Waals surface area contributed by atoms with Gasteiger partial charge in [-0.3, -0.25) is 9.63 Å². The first-order chi connectivity index (χ1) is 5.34. The summed E-state index contributed by atoms with van der Waals surface area (Å²) in [5, 5.41) is 9.31. The molecule has 0 atom stereocenters. The molecule has 0 spiro atoms. The van der Waals surface area contributed by atoms with E-state index in [0.717, 1.165) is 24.3 Å². The van der Waals surface area contributed by atoms with Crippen LogP contribution in [0.1, 0.15) is 25.7 Å². The maximum absolute atomic E-state index is 11.1. The fourth-order valence-corrected chi connectivity index (χ4v) is 1.10. The lowest BCUT2D eigenvalue weighted by atomic mass is 10.2. The summed E-state index contributed by atoms with van der Waals surface area (Å²) in [6.07, 6.45) is 4.87. The number of carbonyl (C=O) groups excluding carboxylic acids is 1. The molecule has 1 rings (SSSR count). The molecule has 0 aliphatic carbocycles. The maximum Gasteiger partial charge on any atom is 0.314 e. The number of amides is 1. The molecule has 1 aliphatic heterocycles. The standard InChI is InChI=1S/C7H10N2O2/c8-6-11-9-5-3-1-2-4-7(9)10/h1-5H2. The molecule has 11 heavy (non-hydrogen) atoms. The van der Waals surface area contributed by atoms with Crippen molar-refractivity contribution in [1.82, 2.24) is 5.06 Å². The Morgan fingerprint density at radius 2 is 2.27 bits per heavy atom. The van der Waals surface area contributed by atoms with E-state index in [1.54, 1.807) is 0 Å². The van der Waals surface area contributed by atoms with Crippen LogP contribution in [0.15, 0.2) is 0 Å². The third-order valence-electron chi connectivity index (χ3n) is 1.68. The molecular formula is C7H10N2O2. The number of hydrogen-bond donors (Lipinski definition) is 0. The molecule has 4 nitrogen and oxygen atoms in total. The fraction of sp³-hybridized carbons (Fsp3) is 0.714. The van der Waals surface area contributed by atoms with Gasteiger partial charge in [0, 0.05) is 6.42 Å². The first-order valence-corrected chi connectivity index (χ1v) is 3.71. The molecule has 1 saturated heterocycles. The summed E-state index contributed by atoms with van der Waals surface area (Å²) in [5.74, 6) is -0.0796. The van der Waals surface area contributed by atoms with Gasteiger partial charge in [0.1, 0.15) is 0 Å². The lowest BCUT2D eigenvalue weighted by Crippen LogP contribution is -2.28. The zero-order chi connectivity index (χ0) is 8.10. The normalized spacial score (nSPS) is 18.8. The van der Waals surface area contributed by atoms with Gasteiger partial charge in [0.15, 0.2) is 0 Å². The van der Waals surface area contributed by atoms with E-state index in [2.05, 4.69) is 4.84 Å². The average molecular weight is 154 g/mol. The van der Waals surface area contributed by atoms with Gasteiger partial charge in [-0.15, -0.1) is 5.26 Å². The Morgan fingerprint density at radius 3 is 3.00 bits per heavy atom. The van der Waals surface area contributed by atoms with Crippen molar-refractivity contribution in [3.05, 3.63) is 0 Å². The predicted molar refractivity (Wildman–Crippen MR) is 36.9 cm³/mol. The first-order valence-electron chi connectivity index (χ1n) is 3.71. The zero-order valence-corrected chi connectivity index (χ0v) is 6.25. The average Bonchev–Trinajstić information content (AvgIpc) is 2.18. The third-order valence-corrected chi connectivity index (χ3v) is 1.68. The van der Waals surface area contributed by atoms with Crippen LogP contribution < -0.4 is 0 Å². The van der Waals surface area contributed by atoms with Gasteiger partial charge in [0.2, 0.25) is 0 Å². The molecule has 0 aromatic carbocycles. The minimum Gasteiger partial charge on any atom is -0.296 e. The van der Waals surface area contributed by atoms with Crippen molar-refractivity contribution in [1.29, 1.82) is 5.26 Å². The van der Waals surface area contributed by atoms with E-state index in [1.807, 2.05) is 0 Å². The largest absolute Gasteiger partial charge is 0.314 e. The van der Waals surface area contributed by atoms with Gasteiger partial charge < -0.3 is 0 Å². The third kappa shape index (κ3) is 2.11. The highest BCUT2D eigenvalue weighted by Crippen LogP contribution is 2.10. The molecule has 0 bridgehead atoms. The number of hydroxylamine groups is 2. The van der Waals surface area contributed by atoms with E-state index in [1.165, 1.54) is 6.26 Å². The van der Waals surface area contributed by atoms with Crippen molar-refractivity contribution in [2.75, 3.05) is 6.54 Å². The Hall–Kier alpha value is -1.24. The van der Waals surface area contributed by atoms with E-state index < -0.39 is 0 Å². The van der Waals surface area contributed by atoms with Gasteiger partial charge in [-0.25, -0.2) is 0 Å². The quantitative estimate of drug-likeness (QED) is 0.525. The van der Waals surface area contributed by atoms with Gasteiger partial charge in [-0.05, 0) is 12.8 Å². The highest BCUT2D eigenvalue weighted by atomic mass is 16.7. The van der Waals surface area contributed by atoms with Crippen molar-refractivity contribution in [2.45, 2.75) is 25.7 Å². The Morgan fingerprint density at radius 1 is 1.45 bits per heavy atom. The number of nitrogens with zero attached hydrogens (tertiary/aromatic N) is 2. The summed E-state index contributed by atoms with van der Waals surface area (Å²) in [4.78, 5) is 15.5. The van der Waals surface area contributed by atoms with Crippen molar-refractivity contribution >= 4 is 5.91 Å². The summed E-state index contributed by atoms with van der Waals surface area (Å²) in [6.45, 7) is 0.548. The van der Waals surface area contributed by atoms with Crippen molar-refractivity contribution < 1.29 is 9.63 Å². The minimum absolute atomic E-state index is 0.0796. The van der Waals surface area contributed by atoms with Crippen LogP contribution in [-0.2, 0) is 9.63 Å². The lowest BCUT2D eigenvalue weighted by molar-refractivity contribution is -0.163. The molecule has 0 N–H and O–H groups in total. The topological polar surface area (TPSA) is 53.3 Å². The van der Waals surface area contributed by atoms with E-state index in [-0.39, 0.29) is 5.91 Å². The number of nitriles is 1. The number of hydrogen-bond acceptors (Lipinski definition) is 3. The van der Waals surface area contributed by atoms with E-state index in [0.29, 0.717) is 13.0 Å². The van der Waals surface area contributed by atoms with Crippen LogP contribution in [0, 0.1) is 11.5 Å². The highest BCUT2D eigenvalue weighted by molar-refractivity contribution is 5.75. The number of carbonyl (C=O) groups is 1. The van der Waals surface area contributed by atoms with Crippen LogP contribution in [-0.4, -0.2) is 17.5 Å². The molecule has 1 fully saturated rings. The Bertz CT molecular complexity index is 185. The molecule has 60 valence electrons. The van der Waals surface area contributed by atoms with Crippen molar-refractivity contribution in [3.63, 3.8) is 0 Å². The van der Waals surface area contributed by atoms with Gasteiger partial charge in [0.25, 0.3) is 5.91 Å². The lowest BCUT2D eigenvalue weighted by Gasteiger charge is -2.13. The summed E-state index contributed by atoms with van der Waals surface area (Å²) in [7, 11) is 0. The van der Waals surface area contributed by atoms with Crippen LogP contribution in [0.3, 0.4) is 0 Å². The summed E-state index contributed by atoms with van der Waals surface area (Å²) in [5.41, 5.74) is 0. The summed E-state index contributed by atoms with van der Waals surface area (Å²) >= 11 is 0. The van der Waals surface area contributed by atoms with Crippen LogP contribution >= 0.6 is 0 Å². The second kappa shape index (κ2) is 3.81. The smallest absolute Gasteiger partial charge is 0.296 e. The molecule has 1 amide bonds. The Balaban J connectivity index is 2.47. The monoisotopic (exact) mass is 154 g/mol. The summed E-state index contributed by atoms with van der Waals surface area (Å²) in [6, 6.07) is 0. The molecule has 4 heteroatoms. The van der Waals surface area contributed by atoms with E-state index in [4.69, 9.17) is 5.26 Å². The maximum atomic E-state index is 11.1. The molecule has 0 saturated carbocycles. The van der Waals surface area contributed by atoms with Crippen LogP contribution in [0.2, 0.25) is 0 Å². The molecule has 0 aromatic rings. The van der Waals surface area contributed by atoms with Gasteiger partial charge in [0.05, 0.1) is 6.54 Å². The SMILES string of the molecule is N#CON1CCCCCC1=O. The van der Waals surface area contributed by atoms with Crippen LogP contribution in [0.5, 0.6) is 0 Å². The zero-order valence-electron chi connectivity index (χ0n) is 6.25. The molecule has 0 aromatic heterocycles. The van der Waals surface area contributed by atoms with Crippen molar-refractivity contribution in [3.8, 4) is 6.26 Å². The molecule has 1 aliphatic rings. The second-order valence-electron chi connectivity index (χ2n) is 2.49. The van der Waals surface area contributed by atoms with Crippen LogP contribution in [0.25, 0.3) is 0 Å². The molecule has 0 radical (unpaired) electrons. The Labute approximate surface area is 65.3 Å². The van der Waals surface area contributed by atoms with Gasteiger partial charge in [-0.2, -0.15) is 5.06 Å². The second-order valence-corrected chi connectivity index (χ2v) is 2.49. The fourth-order valence-electron chi connectivity index (χ4n) is 1.10. The van der Waals surface area contributed by atoms with Crippen molar-refractivity contribution in [2.24, 2.45) is 0 Å². The molecule has 0 unspecified atom stereocenters. The van der Waals surface area contributed by atoms with E-state index >= 15 is 0 Å². The number of rotatable bonds is 1. The van der Waals surface area contributed by atoms with Gasteiger partial charge >= 0.3 is 6.26 Å². The molecule has 1 heterocycles. The van der Waals surface area contributed by atoms with E-state index in [9.17, 15) is 4.79 Å². The highest BCUT2D eigenvalue weighted by Gasteiger charge is 2.17. The van der Waals surface area contributed by atoms with Crippen LogP contribution in [0.4, 0.5) is 0 Å².